The number of carbonyl (C=O) groups excluding carboxylic acids is 1. The lowest BCUT2D eigenvalue weighted by Crippen LogP contribution is -2.61. The average molecular weight is 396 g/mol. The van der Waals surface area contributed by atoms with Gasteiger partial charge in [-0.3, -0.25) is 0 Å². The molecule has 148 valence electrons. The fourth-order valence-corrected chi connectivity index (χ4v) is 1.30. The number of carbonyl (C=O) groups is 1. The van der Waals surface area contributed by atoms with E-state index in [2.05, 4.69) is 4.74 Å². The van der Waals surface area contributed by atoms with Gasteiger partial charge in [-0.05, 0) is 20.8 Å². The number of hydrogen-bond donors (Lipinski definition) is 0. The number of alkyl halides is 9. The first-order valence-electron chi connectivity index (χ1n) is 6.15. The van der Waals surface area contributed by atoms with E-state index < -0.39 is 53.6 Å². The molecule has 13 heteroatoms. The Morgan fingerprint density at radius 3 is 1.48 bits per heavy atom. The van der Waals surface area contributed by atoms with Gasteiger partial charge in [0.2, 0.25) is 0 Å². The molecule has 0 bridgehead atoms. The molecular formula is C12H11F11O2. The Kier molecular flexibility index (Phi) is 6.22. The molecule has 0 aromatic rings. The summed E-state index contributed by atoms with van der Waals surface area (Å²) in [6.07, 6.45) is -13.5. The van der Waals surface area contributed by atoms with Gasteiger partial charge in [0, 0.05) is 0 Å². The topological polar surface area (TPSA) is 26.3 Å². The third kappa shape index (κ3) is 4.97. The van der Waals surface area contributed by atoms with Crippen molar-refractivity contribution in [3.63, 3.8) is 0 Å². The number of rotatable bonds is 5. The fourth-order valence-electron chi connectivity index (χ4n) is 1.30. The minimum atomic E-state index is -7.24. The molecule has 0 N–H and O–H groups in total. The zero-order chi connectivity index (χ0) is 20.6. The van der Waals surface area contributed by atoms with Crippen LogP contribution in [-0.2, 0) is 9.53 Å². The molecule has 0 atom stereocenters. The molecule has 0 spiro atoms. The highest BCUT2D eigenvalue weighted by molar-refractivity contribution is 5.89. The van der Waals surface area contributed by atoms with Crippen LogP contribution in [0, 0.1) is 0 Å². The highest BCUT2D eigenvalue weighted by atomic mass is 19.4. The molecule has 0 aliphatic rings. The Morgan fingerprint density at radius 1 is 0.800 bits per heavy atom. The van der Waals surface area contributed by atoms with Crippen LogP contribution < -0.4 is 0 Å². The van der Waals surface area contributed by atoms with E-state index in [1.165, 1.54) is 0 Å². The zero-order valence-corrected chi connectivity index (χ0v) is 12.7. The summed E-state index contributed by atoms with van der Waals surface area (Å²) >= 11 is 0. The van der Waals surface area contributed by atoms with Gasteiger partial charge in [-0.15, -0.1) is 0 Å². The van der Waals surface area contributed by atoms with E-state index in [1.54, 1.807) is 0 Å². The number of ether oxygens (including phenoxy) is 1. The smallest absolute Gasteiger partial charge is 0.456 e. The average Bonchev–Trinajstić information content (AvgIpc) is 2.31. The van der Waals surface area contributed by atoms with Crippen LogP contribution in [0.4, 0.5) is 48.3 Å². The van der Waals surface area contributed by atoms with Gasteiger partial charge < -0.3 is 4.74 Å². The molecule has 0 radical (unpaired) electrons. The molecule has 0 aromatic heterocycles. The van der Waals surface area contributed by atoms with Crippen molar-refractivity contribution >= 4 is 5.97 Å². The quantitative estimate of drug-likeness (QED) is 0.357. The summed E-state index contributed by atoms with van der Waals surface area (Å²) in [6.45, 7) is 3.22. The van der Waals surface area contributed by atoms with Gasteiger partial charge in [0.05, 0.1) is 6.42 Å². The molecule has 0 unspecified atom stereocenters. The molecule has 0 rings (SSSR count). The molecule has 0 aliphatic carbocycles. The Balaban J connectivity index is 5.87. The molecule has 0 fully saturated rings. The maximum Gasteiger partial charge on any atom is 0.460 e. The van der Waals surface area contributed by atoms with Gasteiger partial charge in [-0.25, -0.2) is 4.79 Å². The summed E-state index contributed by atoms with van der Waals surface area (Å²) in [7, 11) is 0. The van der Waals surface area contributed by atoms with Crippen LogP contribution >= 0.6 is 0 Å². The summed E-state index contributed by atoms with van der Waals surface area (Å²) in [4.78, 5) is 11.3. The lowest BCUT2D eigenvalue weighted by Gasteiger charge is -2.33. The normalized spacial score (nSPS) is 14.3. The van der Waals surface area contributed by atoms with Crippen LogP contribution in [0.5, 0.6) is 0 Å². The van der Waals surface area contributed by atoms with E-state index in [0.29, 0.717) is 0 Å². The first-order chi connectivity index (χ1) is 10.7. The second kappa shape index (κ2) is 6.63. The Bertz CT molecular complexity index is 536. The van der Waals surface area contributed by atoms with Gasteiger partial charge in [0.1, 0.15) is 11.2 Å². The van der Waals surface area contributed by atoms with Gasteiger partial charge in [-0.2, -0.15) is 48.3 Å². The molecule has 25 heavy (non-hydrogen) atoms. The standard InChI is InChI=1S/C12H11F11O2/c1-8(2,3)25-7(24)5(6(13)14)4-9(15,16)10(17,18)11(19,20)12(21,22)23/h4H2,1-3H3. The van der Waals surface area contributed by atoms with Crippen molar-refractivity contribution in [1.82, 2.24) is 0 Å². The molecule has 2 nitrogen and oxygen atoms in total. The SMILES string of the molecule is CC(C)(C)OC(=O)C(CC(F)(F)C(F)(F)C(F)(F)C(F)(F)F)=C(F)F. The van der Waals surface area contributed by atoms with E-state index in [-0.39, 0.29) is 0 Å². The minimum absolute atomic E-state index is 1.07. The van der Waals surface area contributed by atoms with Crippen LogP contribution in [0.3, 0.4) is 0 Å². The summed E-state index contributed by atoms with van der Waals surface area (Å²) in [6, 6.07) is 0. The molecule has 0 saturated heterocycles. The van der Waals surface area contributed by atoms with Gasteiger partial charge in [-0.1, -0.05) is 0 Å². The molecule has 0 aromatic carbocycles. The van der Waals surface area contributed by atoms with Crippen molar-refractivity contribution in [3.05, 3.63) is 11.7 Å². The first-order valence-corrected chi connectivity index (χ1v) is 6.15. The van der Waals surface area contributed by atoms with Crippen molar-refractivity contribution < 1.29 is 57.8 Å². The third-order valence-electron chi connectivity index (χ3n) is 2.48. The molecule has 0 heterocycles. The van der Waals surface area contributed by atoms with E-state index in [1.807, 2.05) is 0 Å². The lowest BCUT2D eigenvalue weighted by atomic mass is 9.97. The van der Waals surface area contributed by atoms with Crippen molar-refractivity contribution in [3.8, 4) is 0 Å². The summed E-state index contributed by atoms with van der Waals surface area (Å²) in [5.74, 6) is -23.0. The van der Waals surface area contributed by atoms with Crippen molar-refractivity contribution in [1.29, 1.82) is 0 Å². The second-order valence-corrected chi connectivity index (χ2v) is 5.77. The summed E-state index contributed by atoms with van der Waals surface area (Å²) in [5.41, 5.74) is -4.01. The minimum Gasteiger partial charge on any atom is -0.456 e. The monoisotopic (exact) mass is 396 g/mol. The van der Waals surface area contributed by atoms with E-state index >= 15 is 0 Å². The Labute approximate surface area is 133 Å². The molecule has 0 amide bonds. The largest absolute Gasteiger partial charge is 0.460 e. The van der Waals surface area contributed by atoms with Crippen molar-refractivity contribution in [2.45, 2.75) is 56.7 Å². The fraction of sp³-hybridized carbons (Fsp3) is 0.750. The molecule has 0 saturated carbocycles. The highest BCUT2D eigenvalue weighted by Gasteiger charge is 2.81. The summed E-state index contributed by atoms with van der Waals surface area (Å²) in [5, 5.41) is 0. The maximum atomic E-state index is 13.3. The van der Waals surface area contributed by atoms with Crippen LogP contribution in [0.1, 0.15) is 27.2 Å². The second-order valence-electron chi connectivity index (χ2n) is 5.77. The predicted molar refractivity (Wildman–Crippen MR) is 60.6 cm³/mol. The molecule has 0 aliphatic heterocycles. The van der Waals surface area contributed by atoms with Crippen LogP contribution in [0.25, 0.3) is 0 Å². The van der Waals surface area contributed by atoms with Crippen molar-refractivity contribution in [2.75, 3.05) is 0 Å². The predicted octanol–water partition coefficient (Wildman–Crippen LogP) is 5.34. The number of hydrogen-bond acceptors (Lipinski definition) is 2. The number of halogens is 11. The van der Waals surface area contributed by atoms with Crippen LogP contribution in [-0.4, -0.2) is 35.5 Å². The van der Waals surface area contributed by atoms with Gasteiger partial charge >= 0.3 is 29.9 Å². The highest BCUT2D eigenvalue weighted by Crippen LogP contribution is 2.54. The first kappa shape index (κ1) is 23.4. The lowest BCUT2D eigenvalue weighted by molar-refractivity contribution is -0.395. The van der Waals surface area contributed by atoms with E-state index in [9.17, 15) is 53.1 Å². The van der Waals surface area contributed by atoms with E-state index in [4.69, 9.17) is 0 Å². The third-order valence-corrected chi connectivity index (χ3v) is 2.48. The number of esters is 1. The maximum absolute atomic E-state index is 13.3. The Hall–Kier alpha value is -1.56. The molecular weight excluding hydrogens is 385 g/mol. The van der Waals surface area contributed by atoms with Crippen molar-refractivity contribution in [2.24, 2.45) is 0 Å². The van der Waals surface area contributed by atoms with Gasteiger partial charge in [0.15, 0.2) is 0 Å². The Morgan fingerprint density at radius 2 is 1.20 bits per heavy atom. The summed E-state index contributed by atoms with van der Waals surface area (Å²) < 4.78 is 143. The zero-order valence-electron chi connectivity index (χ0n) is 12.7. The van der Waals surface area contributed by atoms with E-state index in [0.717, 1.165) is 20.8 Å². The van der Waals surface area contributed by atoms with Crippen LogP contribution in [0.15, 0.2) is 11.7 Å². The van der Waals surface area contributed by atoms with Gasteiger partial charge in [0.25, 0.3) is 6.08 Å². The van der Waals surface area contributed by atoms with Crippen LogP contribution in [0.2, 0.25) is 0 Å².